The van der Waals surface area contributed by atoms with E-state index in [1.807, 2.05) is 0 Å². The smallest absolute Gasteiger partial charge is 0.349 e. The van der Waals surface area contributed by atoms with Gasteiger partial charge in [-0.2, -0.15) is 5.10 Å². The number of aromatic hydroxyl groups is 3. The molecule has 1 aromatic heterocycles. The summed E-state index contributed by atoms with van der Waals surface area (Å²) in [6.45, 7) is 0. The van der Waals surface area contributed by atoms with Crippen LogP contribution in [0.2, 0.25) is 0 Å². The summed E-state index contributed by atoms with van der Waals surface area (Å²) in [5, 5.41) is 34.4. The molecule has 0 fully saturated rings. The molecule has 0 amide bonds. The predicted octanol–water partition coefficient (Wildman–Crippen LogP) is 2.35. The molecule has 0 saturated heterocycles. The molecule has 7 heteroatoms. The minimum Gasteiger partial charge on any atom is -0.508 e. The SMILES string of the molecule is O=c1oc2ccccc2c(O)c1C1=NNC(c2ccc(O)cc2O)C1. The van der Waals surface area contributed by atoms with Crippen LogP contribution in [0.3, 0.4) is 0 Å². The summed E-state index contributed by atoms with van der Waals surface area (Å²) in [6, 6.07) is 10.6. The number of nitrogens with one attached hydrogen (secondary N) is 1. The molecule has 126 valence electrons. The van der Waals surface area contributed by atoms with E-state index in [0.29, 0.717) is 22.2 Å². The molecule has 0 spiro atoms. The van der Waals surface area contributed by atoms with Gasteiger partial charge in [-0.1, -0.05) is 12.1 Å². The zero-order valence-electron chi connectivity index (χ0n) is 12.9. The summed E-state index contributed by atoms with van der Waals surface area (Å²) < 4.78 is 5.26. The maximum atomic E-state index is 12.3. The molecule has 2 heterocycles. The van der Waals surface area contributed by atoms with E-state index in [9.17, 15) is 20.1 Å². The predicted molar refractivity (Wildman–Crippen MR) is 91.0 cm³/mol. The lowest BCUT2D eigenvalue weighted by atomic mass is 9.98. The number of hydrogen-bond donors (Lipinski definition) is 4. The Morgan fingerprint density at radius 2 is 1.92 bits per heavy atom. The third kappa shape index (κ3) is 2.46. The highest BCUT2D eigenvalue weighted by atomic mass is 16.4. The van der Waals surface area contributed by atoms with Crippen molar-refractivity contribution in [3.05, 3.63) is 64.0 Å². The van der Waals surface area contributed by atoms with Crippen molar-refractivity contribution in [3.8, 4) is 17.2 Å². The topological polar surface area (TPSA) is 115 Å². The van der Waals surface area contributed by atoms with Gasteiger partial charge in [-0.15, -0.1) is 0 Å². The Balaban J connectivity index is 1.73. The molecule has 1 unspecified atom stereocenters. The average Bonchev–Trinajstić information content (AvgIpc) is 3.04. The Morgan fingerprint density at radius 3 is 2.72 bits per heavy atom. The summed E-state index contributed by atoms with van der Waals surface area (Å²) in [5.74, 6) is -0.306. The Labute approximate surface area is 141 Å². The maximum absolute atomic E-state index is 12.3. The molecule has 0 aliphatic carbocycles. The van der Waals surface area contributed by atoms with E-state index in [1.54, 1.807) is 30.3 Å². The van der Waals surface area contributed by atoms with E-state index in [0.717, 1.165) is 0 Å². The van der Waals surface area contributed by atoms with Crippen LogP contribution < -0.4 is 11.1 Å². The molecule has 0 saturated carbocycles. The minimum atomic E-state index is -0.674. The van der Waals surface area contributed by atoms with Crippen molar-refractivity contribution in [3.63, 3.8) is 0 Å². The normalized spacial score (nSPS) is 16.6. The van der Waals surface area contributed by atoms with E-state index >= 15 is 0 Å². The van der Waals surface area contributed by atoms with Crippen molar-refractivity contribution in [2.24, 2.45) is 5.10 Å². The minimum absolute atomic E-state index is 0.00645. The number of para-hydroxylation sites is 1. The number of nitrogens with zero attached hydrogens (tertiary/aromatic N) is 1. The van der Waals surface area contributed by atoms with E-state index in [-0.39, 0.29) is 35.3 Å². The van der Waals surface area contributed by atoms with Crippen molar-refractivity contribution in [1.29, 1.82) is 0 Å². The van der Waals surface area contributed by atoms with Crippen LogP contribution >= 0.6 is 0 Å². The third-order valence-corrected chi connectivity index (χ3v) is 4.22. The van der Waals surface area contributed by atoms with Crippen LogP contribution in [0, 0.1) is 0 Å². The Kier molecular flexibility index (Phi) is 3.35. The summed E-state index contributed by atoms with van der Waals surface area (Å²) >= 11 is 0. The number of hydrogen-bond acceptors (Lipinski definition) is 7. The summed E-state index contributed by atoms with van der Waals surface area (Å²) in [6.07, 6.45) is 0.273. The van der Waals surface area contributed by atoms with Gasteiger partial charge in [0.05, 0.1) is 17.1 Å². The molecular weight excluding hydrogens is 324 g/mol. The molecule has 25 heavy (non-hydrogen) atoms. The van der Waals surface area contributed by atoms with Crippen LogP contribution in [0.5, 0.6) is 17.2 Å². The van der Waals surface area contributed by atoms with Crippen LogP contribution in [0.4, 0.5) is 0 Å². The van der Waals surface area contributed by atoms with Gasteiger partial charge in [0.25, 0.3) is 0 Å². The van der Waals surface area contributed by atoms with E-state index in [4.69, 9.17) is 4.42 Å². The maximum Gasteiger partial charge on any atom is 0.349 e. The van der Waals surface area contributed by atoms with Crippen molar-refractivity contribution >= 4 is 16.7 Å². The monoisotopic (exact) mass is 338 g/mol. The van der Waals surface area contributed by atoms with Crippen LogP contribution in [-0.2, 0) is 0 Å². The first-order chi connectivity index (χ1) is 12.0. The lowest BCUT2D eigenvalue weighted by Crippen LogP contribution is -2.15. The Morgan fingerprint density at radius 1 is 1.12 bits per heavy atom. The van der Waals surface area contributed by atoms with Gasteiger partial charge in [0, 0.05) is 18.1 Å². The number of fused-ring (bicyclic) bond motifs is 1. The molecule has 4 N–H and O–H groups in total. The molecule has 2 aromatic carbocycles. The largest absolute Gasteiger partial charge is 0.508 e. The van der Waals surface area contributed by atoms with E-state index in [1.165, 1.54) is 12.1 Å². The van der Waals surface area contributed by atoms with Gasteiger partial charge >= 0.3 is 5.63 Å². The van der Waals surface area contributed by atoms with Crippen LogP contribution in [0.15, 0.2) is 56.8 Å². The molecule has 1 aliphatic heterocycles. The highest BCUT2D eigenvalue weighted by Crippen LogP contribution is 2.34. The van der Waals surface area contributed by atoms with Crippen molar-refractivity contribution in [2.75, 3.05) is 0 Å². The van der Waals surface area contributed by atoms with Crippen LogP contribution in [-0.4, -0.2) is 21.0 Å². The first-order valence-corrected chi connectivity index (χ1v) is 7.63. The number of hydrazone groups is 1. The van der Waals surface area contributed by atoms with Crippen molar-refractivity contribution in [2.45, 2.75) is 12.5 Å². The molecule has 0 radical (unpaired) electrons. The van der Waals surface area contributed by atoms with E-state index < -0.39 is 5.63 Å². The molecule has 3 aromatic rings. The number of rotatable bonds is 2. The van der Waals surface area contributed by atoms with E-state index in [2.05, 4.69) is 10.5 Å². The fourth-order valence-electron chi connectivity index (χ4n) is 2.99. The first kappa shape index (κ1) is 15.1. The van der Waals surface area contributed by atoms with Gasteiger partial charge in [-0.3, -0.25) is 0 Å². The van der Waals surface area contributed by atoms with Crippen molar-refractivity contribution in [1.82, 2.24) is 5.43 Å². The number of phenols is 2. The summed E-state index contributed by atoms with van der Waals surface area (Å²) in [4.78, 5) is 12.3. The van der Waals surface area contributed by atoms with Crippen LogP contribution in [0.1, 0.15) is 23.6 Å². The third-order valence-electron chi connectivity index (χ3n) is 4.22. The second-order valence-corrected chi connectivity index (χ2v) is 5.80. The van der Waals surface area contributed by atoms with Gasteiger partial charge in [0.15, 0.2) is 0 Å². The standard InChI is InChI=1S/C18H14N2O5/c21-9-5-6-10(14(22)7-9)12-8-13(20-19-12)16-17(23)11-3-1-2-4-15(11)25-18(16)24/h1-7,12,19,21-23H,8H2. The average molecular weight is 338 g/mol. The zero-order valence-corrected chi connectivity index (χ0v) is 12.9. The van der Waals surface area contributed by atoms with Gasteiger partial charge in [0.1, 0.15) is 28.4 Å². The summed E-state index contributed by atoms with van der Waals surface area (Å²) in [5.41, 5.74) is 3.34. The number of phenolic OH excluding ortho intramolecular Hbond substituents is 2. The summed E-state index contributed by atoms with van der Waals surface area (Å²) in [7, 11) is 0. The number of benzene rings is 2. The molecule has 1 aliphatic rings. The van der Waals surface area contributed by atoms with Crippen molar-refractivity contribution < 1.29 is 19.7 Å². The zero-order chi connectivity index (χ0) is 17.6. The van der Waals surface area contributed by atoms with Crippen LogP contribution in [0.25, 0.3) is 11.0 Å². The van der Waals surface area contributed by atoms with Gasteiger partial charge < -0.3 is 25.2 Å². The second-order valence-electron chi connectivity index (χ2n) is 5.80. The molecular formula is C18H14N2O5. The molecule has 4 rings (SSSR count). The lowest BCUT2D eigenvalue weighted by Gasteiger charge is -2.12. The molecule has 7 nitrogen and oxygen atoms in total. The Bertz CT molecular complexity index is 1070. The Hall–Kier alpha value is -3.48. The molecule has 1 atom stereocenters. The fraction of sp³-hybridized carbons (Fsp3) is 0.111. The fourth-order valence-corrected chi connectivity index (χ4v) is 2.99. The van der Waals surface area contributed by atoms with Gasteiger partial charge in [-0.25, -0.2) is 4.79 Å². The quantitative estimate of drug-likeness (QED) is 0.533. The highest BCUT2D eigenvalue weighted by molar-refractivity contribution is 6.06. The lowest BCUT2D eigenvalue weighted by molar-refractivity contribution is 0.438. The first-order valence-electron chi connectivity index (χ1n) is 7.63. The highest BCUT2D eigenvalue weighted by Gasteiger charge is 2.28. The van der Waals surface area contributed by atoms with Gasteiger partial charge in [0.2, 0.25) is 0 Å². The second kappa shape index (κ2) is 5.55. The van der Waals surface area contributed by atoms with Gasteiger partial charge in [-0.05, 0) is 24.3 Å². The molecule has 0 bridgehead atoms.